The summed E-state index contributed by atoms with van der Waals surface area (Å²) in [6.07, 6.45) is 1.42. The lowest BCUT2D eigenvalue weighted by molar-refractivity contribution is 0.102. The number of nitrogens with one attached hydrogen (secondary N) is 1. The fourth-order valence-corrected chi connectivity index (χ4v) is 2.85. The third-order valence-corrected chi connectivity index (χ3v) is 3.98. The number of hydrogen-bond donors (Lipinski definition) is 1. The van der Waals surface area contributed by atoms with Crippen LogP contribution < -0.4 is 10.1 Å². The molecular weight excluding hydrogens is 411 g/mol. The molecule has 2 rings (SSSR count). The van der Waals surface area contributed by atoms with Gasteiger partial charge in [-0.2, -0.15) is 0 Å². The highest BCUT2D eigenvalue weighted by atomic mass is 79.9. The van der Waals surface area contributed by atoms with Crippen LogP contribution in [0.1, 0.15) is 10.4 Å². The molecule has 0 aliphatic rings. The van der Waals surface area contributed by atoms with Gasteiger partial charge < -0.3 is 10.1 Å². The zero-order chi connectivity index (χ0) is 14.7. The second-order valence-electron chi connectivity index (χ2n) is 3.79. The van der Waals surface area contributed by atoms with E-state index in [0.29, 0.717) is 22.2 Å². The van der Waals surface area contributed by atoms with Crippen LogP contribution >= 0.6 is 43.5 Å². The Balaban J connectivity index is 2.25. The van der Waals surface area contributed by atoms with Crippen LogP contribution in [0.3, 0.4) is 0 Å². The molecule has 0 spiro atoms. The Morgan fingerprint density at radius 3 is 2.65 bits per heavy atom. The number of carbonyl (C=O) groups is 1. The van der Waals surface area contributed by atoms with Gasteiger partial charge >= 0.3 is 0 Å². The number of anilines is 1. The molecule has 0 aliphatic carbocycles. The molecule has 1 aromatic carbocycles. The smallest absolute Gasteiger partial charge is 0.257 e. The number of carbonyl (C=O) groups excluding carboxylic acids is 1. The predicted molar refractivity (Wildman–Crippen MR) is 85.6 cm³/mol. The molecule has 7 heteroatoms. The van der Waals surface area contributed by atoms with Crippen LogP contribution in [-0.2, 0) is 0 Å². The molecule has 0 saturated heterocycles. The lowest BCUT2D eigenvalue weighted by atomic mass is 10.2. The summed E-state index contributed by atoms with van der Waals surface area (Å²) in [4.78, 5) is 16.0. The number of hydrogen-bond acceptors (Lipinski definition) is 3. The maximum absolute atomic E-state index is 12.1. The molecule has 20 heavy (non-hydrogen) atoms. The fraction of sp³-hybridized carbons (Fsp3) is 0.0769. The van der Waals surface area contributed by atoms with Crippen molar-refractivity contribution in [2.24, 2.45) is 0 Å². The van der Waals surface area contributed by atoms with Gasteiger partial charge in [-0.1, -0.05) is 11.6 Å². The van der Waals surface area contributed by atoms with Gasteiger partial charge in [-0.05, 0) is 50.1 Å². The standard InChI is InChI=1S/C13H9Br2ClN2O2/c1-20-11-5-10(8(14)4-9(11)15)18-13(19)7-2-3-12(16)17-6-7/h2-6H,1H3,(H,18,19). The van der Waals surface area contributed by atoms with Crippen LogP contribution in [0.5, 0.6) is 5.75 Å². The second-order valence-corrected chi connectivity index (χ2v) is 5.89. The summed E-state index contributed by atoms with van der Waals surface area (Å²) in [5.41, 5.74) is 1.02. The van der Waals surface area contributed by atoms with E-state index in [1.54, 1.807) is 31.4 Å². The van der Waals surface area contributed by atoms with Gasteiger partial charge in [0.05, 0.1) is 22.8 Å². The Morgan fingerprint density at radius 1 is 1.30 bits per heavy atom. The minimum Gasteiger partial charge on any atom is -0.495 e. The summed E-state index contributed by atoms with van der Waals surface area (Å²) in [5.74, 6) is 0.344. The maximum Gasteiger partial charge on any atom is 0.257 e. The van der Waals surface area contributed by atoms with E-state index in [4.69, 9.17) is 16.3 Å². The molecule has 0 unspecified atom stereocenters. The Bertz CT molecular complexity index is 648. The van der Waals surface area contributed by atoms with Crippen molar-refractivity contribution in [3.63, 3.8) is 0 Å². The minimum atomic E-state index is -0.278. The van der Waals surface area contributed by atoms with Crippen molar-refractivity contribution in [2.45, 2.75) is 0 Å². The van der Waals surface area contributed by atoms with Crippen LogP contribution in [-0.4, -0.2) is 18.0 Å². The summed E-state index contributed by atoms with van der Waals surface area (Å²) in [6, 6.07) is 6.69. The summed E-state index contributed by atoms with van der Waals surface area (Å²) in [6.45, 7) is 0. The first-order valence-corrected chi connectivity index (χ1v) is 7.43. The van der Waals surface area contributed by atoms with Gasteiger partial charge in [0.15, 0.2) is 0 Å². The van der Waals surface area contributed by atoms with E-state index in [-0.39, 0.29) is 5.91 Å². The van der Waals surface area contributed by atoms with E-state index in [1.807, 2.05) is 0 Å². The average Bonchev–Trinajstić information content (AvgIpc) is 2.42. The first-order chi connectivity index (χ1) is 9.51. The molecule has 1 amide bonds. The van der Waals surface area contributed by atoms with Crippen LogP contribution in [0.4, 0.5) is 5.69 Å². The fourth-order valence-electron chi connectivity index (χ4n) is 1.49. The molecule has 1 heterocycles. The van der Waals surface area contributed by atoms with Gasteiger partial charge in [-0.3, -0.25) is 4.79 Å². The van der Waals surface area contributed by atoms with E-state index in [1.165, 1.54) is 6.20 Å². The maximum atomic E-state index is 12.1. The Kier molecular flexibility index (Phi) is 5.01. The van der Waals surface area contributed by atoms with Gasteiger partial charge in [0.1, 0.15) is 10.9 Å². The van der Waals surface area contributed by atoms with E-state index in [2.05, 4.69) is 42.2 Å². The van der Waals surface area contributed by atoms with Gasteiger partial charge in [-0.15, -0.1) is 0 Å². The Labute approximate surface area is 137 Å². The molecular formula is C13H9Br2ClN2O2. The number of rotatable bonds is 3. The molecule has 1 aromatic heterocycles. The van der Waals surface area contributed by atoms with Gasteiger partial charge in [-0.25, -0.2) is 4.98 Å². The van der Waals surface area contributed by atoms with Crippen molar-refractivity contribution in [3.05, 3.63) is 50.1 Å². The monoisotopic (exact) mass is 418 g/mol. The molecule has 1 N–H and O–H groups in total. The van der Waals surface area contributed by atoms with Crippen LogP contribution in [0, 0.1) is 0 Å². The second kappa shape index (κ2) is 6.56. The molecule has 0 atom stereocenters. The SMILES string of the molecule is COc1cc(NC(=O)c2ccc(Cl)nc2)c(Br)cc1Br. The van der Waals surface area contributed by atoms with Gasteiger partial charge in [0.25, 0.3) is 5.91 Å². The first-order valence-electron chi connectivity index (χ1n) is 5.47. The van der Waals surface area contributed by atoms with Crippen molar-refractivity contribution in [2.75, 3.05) is 12.4 Å². The van der Waals surface area contributed by atoms with Crippen molar-refractivity contribution >= 4 is 55.1 Å². The number of ether oxygens (including phenoxy) is 1. The highest BCUT2D eigenvalue weighted by Crippen LogP contribution is 2.34. The van der Waals surface area contributed by atoms with E-state index >= 15 is 0 Å². The van der Waals surface area contributed by atoms with Gasteiger partial charge in [0.2, 0.25) is 0 Å². The summed E-state index contributed by atoms with van der Waals surface area (Å²) in [5, 5.41) is 3.12. The third kappa shape index (κ3) is 3.50. The molecule has 2 aromatic rings. The highest BCUT2D eigenvalue weighted by Gasteiger charge is 2.12. The van der Waals surface area contributed by atoms with E-state index < -0.39 is 0 Å². The molecule has 104 valence electrons. The molecule has 0 aliphatic heterocycles. The number of pyridine rings is 1. The van der Waals surface area contributed by atoms with Crippen molar-refractivity contribution in [1.29, 1.82) is 0 Å². The normalized spacial score (nSPS) is 10.2. The van der Waals surface area contributed by atoms with Crippen molar-refractivity contribution in [1.82, 2.24) is 4.98 Å². The summed E-state index contributed by atoms with van der Waals surface area (Å²) >= 11 is 12.4. The summed E-state index contributed by atoms with van der Waals surface area (Å²) < 4.78 is 6.72. The number of nitrogens with zero attached hydrogens (tertiary/aromatic N) is 1. The van der Waals surface area contributed by atoms with Gasteiger partial charge in [0, 0.05) is 16.7 Å². The molecule has 0 bridgehead atoms. The van der Waals surface area contributed by atoms with Crippen LogP contribution in [0.15, 0.2) is 39.4 Å². The van der Waals surface area contributed by atoms with Crippen molar-refractivity contribution < 1.29 is 9.53 Å². The van der Waals surface area contributed by atoms with Crippen molar-refractivity contribution in [3.8, 4) is 5.75 Å². The lowest BCUT2D eigenvalue weighted by Crippen LogP contribution is -2.12. The quantitative estimate of drug-likeness (QED) is 0.743. The predicted octanol–water partition coefficient (Wildman–Crippen LogP) is 4.52. The number of halogens is 3. The van der Waals surface area contributed by atoms with Crippen LogP contribution in [0.2, 0.25) is 5.15 Å². The lowest BCUT2D eigenvalue weighted by Gasteiger charge is -2.11. The highest BCUT2D eigenvalue weighted by molar-refractivity contribution is 9.11. The average molecular weight is 420 g/mol. The zero-order valence-corrected chi connectivity index (χ0v) is 14.2. The Hall–Kier alpha value is -1.11. The number of amides is 1. The van der Waals surface area contributed by atoms with Crippen LogP contribution in [0.25, 0.3) is 0 Å². The molecule has 4 nitrogen and oxygen atoms in total. The molecule has 0 fully saturated rings. The van der Waals surface area contributed by atoms with E-state index in [9.17, 15) is 4.79 Å². The summed E-state index contributed by atoms with van der Waals surface area (Å²) in [7, 11) is 1.56. The third-order valence-electron chi connectivity index (χ3n) is 2.48. The molecule has 0 radical (unpaired) electrons. The van der Waals surface area contributed by atoms with E-state index in [0.717, 1.165) is 8.95 Å². The molecule has 0 saturated carbocycles. The number of aromatic nitrogens is 1. The number of benzene rings is 1. The largest absolute Gasteiger partial charge is 0.495 e. The topological polar surface area (TPSA) is 51.2 Å². The minimum absolute atomic E-state index is 0.278. The zero-order valence-electron chi connectivity index (χ0n) is 10.3. The number of methoxy groups -OCH3 is 1. The first kappa shape index (κ1) is 15.3. The Morgan fingerprint density at radius 2 is 2.05 bits per heavy atom.